The first-order valence-corrected chi connectivity index (χ1v) is 7.14. The maximum atomic E-state index is 12.3. The van der Waals surface area contributed by atoms with Crippen LogP contribution >= 0.6 is 11.6 Å². The molecule has 0 aliphatic carbocycles. The number of benzene rings is 1. The molecule has 4 nitrogen and oxygen atoms in total. The van der Waals surface area contributed by atoms with E-state index in [4.69, 9.17) is 16.3 Å². The highest BCUT2D eigenvalue weighted by molar-refractivity contribution is 6.34. The van der Waals surface area contributed by atoms with E-state index in [1.54, 1.807) is 12.3 Å². The van der Waals surface area contributed by atoms with Gasteiger partial charge in [0, 0.05) is 12.4 Å². The van der Waals surface area contributed by atoms with Crippen LogP contribution in [0.4, 0.5) is 5.69 Å². The van der Waals surface area contributed by atoms with Gasteiger partial charge in [0.05, 0.1) is 22.9 Å². The van der Waals surface area contributed by atoms with Crippen LogP contribution in [0, 0.1) is 6.92 Å². The lowest BCUT2D eigenvalue weighted by atomic mass is 10.2. The summed E-state index contributed by atoms with van der Waals surface area (Å²) in [5, 5.41) is 3.18. The standard InChI is InChI=1S/C16H17ClN2O2/c1-3-8-21-15-9-11(2)4-5-14(15)19-16(20)12-10-18-7-6-13(12)17/h4-7,9-10H,3,8H2,1-2H3,(H,19,20). The Balaban J connectivity index is 2.23. The molecule has 0 radical (unpaired) electrons. The first kappa shape index (κ1) is 15.3. The number of amides is 1. The van der Waals surface area contributed by atoms with Crippen LogP contribution in [-0.2, 0) is 0 Å². The van der Waals surface area contributed by atoms with Crippen molar-refractivity contribution in [1.29, 1.82) is 0 Å². The van der Waals surface area contributed by atoms with Crippen LogP contribution < -0.4 is 10.1 Å². The summed E-state index contributed by atoms with van der Waals surface area (Å²) in [6, 6.07) is 7.22. The molecule has 1 N–H and O–H groups in total. The van der Waals surface area contributed by atoms with Crippen LogP contribution in [0.5, 0.6) is 5.75 Å². The molecule has 1 heterocycles. The fourth-order valence-corrected chi connectivity index (χ4v) is 1.99. The Labute approximate surface area is 129 Å². The summed E-state index contributed by atoms with van der Waals surface area (Å²) in [5.41, 5.74) is 2.03. The molecule has 5 heteroatoms. The third kappa shape index (κ3) is 3.95. The Morgan fingerprint density at radius 2 is 2.19 bits per heavy atom. The highest BCUT2D eigenvalue weighted by Gasteiger charge is 2.13. The van der Waals surface area contributed by atoms with E-state index in [-0.39, 0.29) is 5.91 Å². The SMILES string of the molecule is CCCOc1cc(C)ccc1NC(=O)c1cnccc1Cl. The first-order chi connectivity index (χ1) is 10.1. The number of anilines is 1. The minimum Gasteiger partial charge on any atom is -0.491 e. The summed E-state index contributed by atoms with van der Waals surface area (Å²) in [5.74, 6) is 0.350. The van der Waals surface area contributed by atoms with Crippen molar-refractivity contribution in [3.63, 3.8) is 0 Å². The van der Waals surface area contributed by atoms with Gasteiger partial charge in [-0.05, 0) is 37.1 Å². The minimum atomic E-state index is -0.307. The molecule has 0 bridgehead atoms. The molecule has 0 unspecified atom stereocenters. The van der Waals surface area contributed by atoms with Crippen molar-refractivity contribution < 1.29 is 9.53 Å². The van der Waals surface area contributed by atoms with Crippen molar-refractivity contribution in [1.82, 2.24) is 4.98 Å². The second-order valence-electron chi connectivity index (χ2n) is 4.66. The minimum absolute atomic E-state index is 0.307. The molecule has 0 spiro atoms. The first-order valence-electron chi connectivity index (χ1n) is 6.76. The van der Waals surface area contributed by atoms with E-state index < -0.39 is 0 Å². The third-order valence-corrected chi connectivity index (χ3v) is 3.19. The average molecular weight is 305 g/mol. The number of pyridine rings is 1. The van der Waals surface area contributed by atoms with Crippen molar-refractivity contribution in [3.05, 3.63) is 52.8 Å². The Morgan fingerprint density at radius 3 is 2.90 bits per heavy atom. The van der Waals surface area contributed by atoms with E-state index in [1.807, 2.05) is 32.0 Å². The van der Waals surface area contributed by atoms with Gasteiger partial charge in [-0.3, -0.25) is 9.78 Å². The van der Waals surface area contributed by atoms with Crippen LogP contribution in [0.3, 0.4) is 0 Å². The van der Waals surface area contributed by atoms with Gasteiger partial charge in [0.1, 0.15) is 5.75 Å². The number of hydrogen-bond donors (Lipinski definition) is 1. The van der Waals surface area contributed by atoms with Gasteiger partial charge in [0.2, 0.25) is 0 Å². The van der Waals surface area contributed by atoms with Crippen molar-refractivity contribution in [2.45, 2.75) is 20.3 Å². The molecule has 0 fully saturated rings. The summed E-state index contributed by atoms with van der Waals surface area (Å²) < 4.78 is 5.67. The highest BCUT2D eigenvalue weighted by atomic mass is 35.5. The second-order valence-corrected chi connectivity index (χ2v) is 5.06. The largest absolute Gasteiger partial charge is 0.491 e. The zero-order chi connectivity index (χ0) is 15.2. The molecule has 21 heavy (non-hydrogen) atoms. The van der Waals surface area contributed by atoms with Gasteiger partial charge in [-0.1, -0.05) is 24.6 Å². The van der Waals surface area contributed by atoms with Gasteiger partial charge >= 0.3 is 0 Å². The van der Waals surface area contributed by atoms with E-state index in [9.17, 15) is 4.79 Å². The van der Waals surface area contributed by atoms with Crippen molar-refractivity contribution in [2.24, 2.45) is 0 Å². The van der Waals surface area contributed by atoms with E-state index in [0.717, 1.165) is 12.0 Å². The Hall–Kier alpha value is -2.07. The lowest BCUT2D eigenvalue weighted by Crippen LogP contribution is -2.14. The molecular formula is C16H17ClN2O2. The van der Waals surface area contributed by atoms with Crippen molar-refractivity contribution in [2.75, 3.05) is 11.9 Å². The average Bonchev–Trinajstić information content (AvgIpc) is 2.47. The van der Waals surface area contributed by atoms with Gasteiger partial charge in [-0.15, -0.1) is 0 Å². The monoisotopic (exact) mass is 304 g/mol. The fraction of sp³-hybridized carbons (Fsp3) is 0.250. The lowest BCUT2D eigenvalue weighted by molar-refractivity contribution is 0.102. The maximum absolute atomic E-state index is 12.3. The number of nitrogens with one attached hydrogen (secondary N) is 1. The second kappa shape index (κ2) is 7.09. The summed E-state index contributed by atoms with van der Waals surface area (Å²) in [6.07, 6.45) is 3.88. The predicted octanol–water partition coefficient (Wildman–Crippen LogP) is 4.08. The van der Waals surface area contributed by atoms with Gasteiger partial charge in [0.25, 0.3) is 5.91 Å². The van der Waals surface area contributed by atoms with Crippen LogP contribution in [-0.4, -0.2) is 17.5 Å². The number of aryl methyl sites for hydroxylation is 1. The zero-order valence-corrected chi connectivity index (χ0v) is 12.8. The van der Waals surface area contributed by atoms with Gasteiger partial charge in [-0.2, -0.15) is 0 Å². The maximum Gasteiger partial charge on any atom is 0.258 e. The van der Waals surface area contributed by atoms with Crippen LogP contribution in [0.2, 0.25) is 5.02 Å². The molecule has 0 aliphatic heterocycles. The van der Waals surface area contributed by atoms with Crippen molar-refractivity contribution >= 4 is 23.2 Å². The van der Waals surface area contributed by atoms with E-state index >= 15 is 0 Å². The molecule has 0 aliphatic rings. The van der Waals surface area contributed by atoms with Crippen LogP contribution in [0.1, 0.15) is 29.3 Å². The molecule has 0 saturated heterocycles. The Morgan fingerprint density at radius 1 is 1.38 bits per heavy atom. The number of rotatable bonds is 5. The number of carbonyl (C=O) groups is 1. The summed E-state index contributed by atoms with van der Waals surface area (Å²) >= 11 is 6.00. The molecule has 1 aromatic heterocycles. The number of aromatic nitrogens is 1. The van der Waals surface area contributed by atoms with Gasteiger partial charge < -0.3 is 10.1 Å². The number of carbonyl (C=O) groups excluding carboxylic acids is 1. The number of hydrogen-bond acceptors (Lipinski definition) is 3. The van der Waals surface area contributed by atoms with Crippen LogP contribution in [0.15, 0.2) is 36.7 Å². The van der Waals surface area contributed by atoms with Crippen LogP contribution in [0.25, 0.3) is 0 Å². The molecule has 1 aromatic carbocycles. The number of halogens is 1. The smallest absolute Gasteiger partial charge is 0.258 e. The van der Waals surface area contributed by atoms with E-state index in [2.05, 4.69) is 10.3 Å². The molecule has 0 atom stereocenters. The molecule has 110 valence electrons. The lowest BCUT2D eigenvalue weighted by Gasteiger charge is -2.13. The Bertz CT molecular complexity index is 644. The summed E-state index contributed by atoms with van der Waals surface area (Å²) in [4.78, 5) is 16.2. The molecule has 2 aromatic rings. The molecule has 1 amide bonds. The van der Waals surface area contributed by atoms with E-state index in [0.29, 0.717) is 28.6 Å². The summed E-state index contributed by atoms with van der Waals surface area (Å²) in [6.45, 7) is 4.60. The Kier molecular flexibility index (Phi) is 5.17. The van der Waals surface area contributed by atoms with E-state index in [1.165, 1.54) is 6.20 Å². The highest BCUT2D eigenvalue weighted by Crippen LogP contribution is 2.27. The molecule has 0 saturated carbocycles. The number of nitrogens with zero attached hydrogens (tertiary/aromatic N) is 1. The predicted molar refractivity (Wildman–Crippen MR) is 84.2 cm³/mol. The zero-order valence-electron chi connectivity index (χ0n) is 12.0. The topological polar surface area (TPSA) is 51.2 Å². The number of ether oxygens (including phenoxy) is 1. The van der Waals surface area contributed by atoms with Crippen molar-refractivity contribution in [3.8, 4) is 5.75 Å². The molecular weight excluding hydrogens is 288 g/mol. The third-order valence-electron chi connectivity index (χ3n) is 2.86. The normalized spacial score (nSPS) is 10.2. The molecule has 2 rings (SSSR count). The van der Waals surface area contributed by atoms with Gasteiger partial charge in [-0.25, -0.2) is 0 Å². The quantitative estimate of drug-likeness (QED) is 0.905. The fourth-order valence-electron chi connectivity index (χ4n) is 1.80. The van der Waals surface area contributed by atoms with Gasteiger partial charge in [0.15, 0.2) is 0 Å². The summed E-state index contributed by atoms with van der Waals surface area (Å²) in [7, 11) is 0.